The normalized spacial score (nSPS) is 22.1. The van der Waals surface area contributed by atoms with Crippen LogP contribution in [-0.2, 0) is 9.59 Å². The third-order valence-corrected chi connectivity index (χ3v) is 4.16. The van der Waals surface area contributed by atoms with Gasteiger partial charge in [0.25, 0.3) is 0 Å². The highest BCUT2D eigenvalue weighted by Gasteiger charge is 2.36. The Morgan fingerprint density at radius 3 is 2.26 bits per heavy atom. The van der Waals surface area contributed by atoms with Gasteiger partial charge in [0.2, 0.25) is 11.8 Å². The maximum absolute atomic E-state index is 12.5. The Labute approximate surface area is 116 Å². The maximum Gasteiger partial charge on any atom is 0.245 e. The molecule has 0 spiro atoms. The van der Waals surface area contributed by atoms with Crippen molar-refractivity contribution >= 4 is 11.8 Å². The topological polar surface area (TPSA) is 49.4 Å². The summed E-state index contributed by atoms with van der Waals surface area (Å²) in [5, 5.41) is 2.83. The zero-order chi connectivity index (χ0) is 14.6. The van der Waals surface area contributed by atoms with E-state index >= 15 is 0 Å². The van der Waals surface area contributed by atoms with Gasteiger partial charge in [-0.25, -0.2) is 0 Å². The lowest BCUT2D eigenvalue weighted by Gasteiger charge is -2.39. The second-order valence-electron chi connectivity index (χ2n) is 6.03. The van der Waals surface area contributed by atoms with Gasteiger partial charge in [-0.15, -0.1) is 0 Å². The van der Waals surface area contributed by atoms with Crippen LogP contribution in [0.3, 0.4) is 0 Å². The van der Waals surface area contributed by atoms with Gasteiger partial charge in [-0.3, -0.25) is 9.59 Å². The van der Waals surface area contributed by atoms with E-state index in [0.717, 1.165) is 19.3 Å². The van der Waals surface area contributed by atoms with Gasteiger partial charge in [0.1, 0.15) is 6.04 Å². The molecule has 1 heterocycles. The minimum absolute atomic E-state index is 0.0249. The molecule has 1 rings (SSSR count). The highest BCUT2D eigenvalue weighted by molar-refractivity contribution is 5.95. The molecule has 1 N–H and O–H groups in total. The van der Waals surface area contributed by atoms with Crippen molar-refractivity contribution in [3.63, 3.8) is 0 Å². The molecular formula is C15H28N2O2. The lowest BCUT2D eigenvalue weighted by Crippen LogP contribution is -2.61. The van der Waals surface area contributed by atoms with Crippen molar-refractivity contribution in [3.05, 3.63) is 0 Å². The maximum atomic E-state index is 12.5. The fourth-order valence-electron chi connectivity index (χ4n) is 2.94. The molecule has 0 aromatic carbocycles. The average molecular weight is 268 g/mol. The molecule has 0 radical (unpaired) electrons. The van der Waals surface area contributed by atoms with Gasteiger partial charge in [-0.2, -0.15) is 0 Å². The Bertz CT molecular complexity index is 324. The van der Waals surface area contributed by atoms with E-state index in [4.69, 9.17) is 0 Å². The van der Waals surface area contributed by atoms with Gasteiger partial charge in [0, 0.05) is 6.04 Å². The molecule has 1 aliphatic heterocycles. The van der Waals surface area contributed by atoms with Crippen molar-refractivity contribution in [2.45, 2.75) is 66.0 Å². The van der Waals surface area contributed by atoms with E-state index in [1.807, 2.05) is 0 Å². The van der Waals surface area contributed by atoms with E-state index in [1.165, 1.54) is 0 Å². The fraction of sp³-hybridized carbons (Fsp3) is 0.867. The van der Waals surface area contributed by atoms with Crippen molar-refractivity contribution in [1.82, 2.24) is 10.2 Å². The molecule has 1 aliphatic rings. The number of nitrogens with one attached hydrogen (secondary N) is 1. The Kier molecular flexibility index (Phi) is 5.83. The van der Waals surface area contributed by atoms with Crippen LogP contribution in [0.25, 0.3) is 0 Å². The van der Waals surface area contributed by atoms with Gasteiger partial charge in [0.05, 0.1) is 6.54 Å². The van der Waals surface area contributed by atoms with Crippen LogP contribution in [0.5, 0.6) is 0 Å². The SMILES string of the molecule is CCC(CC)C(C)N1CC(=O)NC(CC(C)C)C1=O. The Morgan fingerprint density at radius 1 is 1.21 bits per heavy atom. The lowest BCUT2D eigenvalue weighted by molar-refractivity contribution is -0.148. The van der Waals surface area contributed by atoms with E-state index in [2.05, 4.69) is 39.9 Å². The summed E-state index contributed by atoms with van der Waals surface area (Å²) in [4.78, 5) is 26.1. The van der Waals surface area contributed by atoms with Crippen molar-refractivity contribution in [1.29, 1.82) is 0 Å². The number of carbonyl (C=O) groups excluding carboxylic acids is 2. The van der Waals surface area contributed by atoms with Crippen LogP contribution in [0.1, 0.15) is 53.9 Å². The molecule has 19 heavy (non-hydrogen) atoms. The minimum Gasteiger partial charge on any atom is -0.343 e. The van der Waals surface area contributed by atoms with Crippen molar-refractivity contribution in [2.75, 3.05) is 6.54 Å². The summed E-state index contributed by atoms with van der Waals surface area (Å²) in [5.74, 6) is 0.933. The molecule has 0 aliphatic carbocycles. The van der Waals surface area contributed by atoms with Crippen LogP contribution >= 0.6 is 0 Å². The molecule has 110 valence electrons. The highest BCUT2D eigenvalue weighted by atomic mass is 16.2. The first-order valence-corrected chi connectivity index (χ1v) is 7.50. The van der Waals surface area contributed by atoms with E-state index in [0.29, 0.717) is 11.8 Å². The summed E-state index contributed by atoms with van der Waals surface area (Å²) in [6.45, 7) is 10.7. The number of amides is 2. The molecule has 0 aromatic rings. The van der Waals surface area contributed by atoms with Gasteiger partial charge < -0.3 is 10.2 Å². The number of rotatable bonds is 6. The van der Waals surface area contributed by atoms with Crippen LogP contribution in [0.4, 0.5) is 0 Å². The number of piperazine rings is 1. The molecular weight excluding hydrogens is 240 g/mol. The smallest absolute Gasteiger partial charge is 0.245 e. The van der Waals surface area contributed by atoms with E-state index in [1.54, 1.807) is 4.90 Å². The van der Waals surface area contributed by atoms with Crippen molar-refractivity contribution in [3.8, 4) is 0 Å². The molecule has 1 saturated heterocycles. The van der Waals surface area contributed by atoms with Gasteiger partial charge in [-0.05, 0) is 25.2 Å². The van der Waals surface area contributed by atoms with E-state index < -0.39 is 0 Å². The second kappa shape index (κ2) is 6.92. The van der Waals surface area contributed by atoms with Crippen molar-refractivity contribution in [2.24, 2.45) is 11.8 Å². The summed E-state index contributed by atoms with van der Waals surface area (Å²) in [7, 11) is 0. The first kappa shape index (κ1) is 16.0. The van der Waals surface area contributed by atoms with Crippen LogP contribution < -0.4 is 5.32 Å². The van der Waals surface area contributed by atoms with Gasteiger partial charge >= 0.3 is 0 Å². The number of hydrogen-bond donors (Lipinski definition) is 1. The third-order valence-electron chi connectivity index (χ3n) is 4.16. The van der Waals surface area contributed by atoms with Crippen LogP contribution in [0.2, 0.25) is 0 Å². The highest BCUT2D eigenvalue weighted by Crippen LogP contribution is 2.22. The van der Waals surface area contributed by atoms with Crippen LogP contribution in [-0.4, -0.2) is 35.3 Å². The summed E-state index contributed by atoms with van der Waals surface area (Å²) in [6.07, 6.45) is 2.80. The fourth-order valence-corrected chi connectivity index (χ4v) is 2.94. The molecule has 4 heteroatoms. The monoisotopic (exact) mass is 268 g/mol. The lowest BCUT2D eigenvalue weighted by atomic mass is 9.92. The largest absolute Gasteiger partial charge is 0.343 e. The molecule has 4 nitrogen and oxygen atoms in total. The summed E-state index contributed by atoms with van der Waals surface area (Å²) in [5.41, 5.74) is 0. The van der Waals surface area contributed by atoms with Crippen LogP contribution in [0, 0.1) is 11.8 Å². The first-order valence-electron chi connectivity index (χ1n) is 7.50. The molecule has 2 unspecified atom stereocenters. The quantitative estimate of drug-likeness (QED) is 0.802. The van der Waals surface area contributed by atoms with Gasteiger partial charge in [0.15, 0.2) is 0 Å². The summed E-state index contributed by atoms with van der Waals surface area (Å²) >= 11 is 0. The Morgan fingerprint density at radius 2 is 1.79 bits per heavy atom. The van der Waals surface area contributed by atoms with E-state index in [9.17, 15) is 9.59 Å². The summed E-state index contributed by atoms with van der Waals surface area (Å²) < 4.78 is 0. The number of carbonyl (C=O) groups is 2. The Balaban J connectivity index is 2.81. The second-order valence-corrected chi connectivity index (χ2v) is 6.03. The minimum atomic E-state index is -0.335. The third kappa shape index (κ3) is 3.95. The molecule has 0 saturated carbocycles. The van der Waals surface area contributed by atoms with E-state index in [-0.39, 0.29) is 30.4 Å². The molecule has 2 amide bonds. The zero-order valence-electron chi connectivity index (χ0n) is 12.9. The average Bonchev–Trinajstić information content (AvgIpc) is 2.34. The summed E-state index contributed by atoms with van der Waals surface area (Å²) in [6, 6.07) is -0.193. The Hall–Kier alpha value is -1.06. The zero-order valence-corrected chi connectivity index (χ0v) is 12.9. The first-order chi connectivity index (χ1) is 8.90. The number of hydrogen-bond acceptors (Lipinski definition) is 2. The molecule has 1 fully saturated rings. The number of nitrogens with zero attached hydrogens (tertiary/aromatic N) is 1. The molecule has 0 bridgehead atoms. The predicted molar refractivity (Wildman–Crippen MR) is 76.6 cm³/mol. The predicted octanol–water partition coefficient (Wildman–Crippen LogP) is 2.18. The van der Waals surface area contributed by atoms with Gasteiger partial charge in [-0.1, -0.05) is 40.5 Å². The van der Waals surface area contributed by atoms with Crippen molar-refractivity contribution < 1.29 is 9.59 Å². The standard InChI is InChI=1S/C15H28N2O2/c1-6-12(7-2)11(5)17-9-14(18)16-13(15(17)19)8-10(3)4/h10-13H,6-9H2,1-5H3,(H,16,18). The molecule has 0 aromatic heterocycles. The van der Waals surface area contributed by atoms with Crippen LogP contribution in [0.15, 0.2) is 0 Å². The molecule has 2 atom stereocenters.